The average molecular weight is 1400 g/mol. The first-order valence-electron chi connectivity index (χ1n) is 39.8. The van der Waals surface area contributed by atoms with E-state index in [1.807, 2.05) is 0 Å². The van der Waals surface area contributed by atoms with Gasteiger partial charge in [0.05, 0.1) is 26.4 Å². The van der Waals surface area contributed by atoms with Gasteiger partial charge >= 0.3 is 39.5 Å². The minimum Gasteiger partial charge on any atom is -0.462 e. The van der Waals surface area contributed by atoms with E-state index < -0.39 is 97.5 Å². The lowest BCUT2D eigenvalue weighted by Gasteiger charge is -2.21. The molecule has 0 aliphatic heterocycles. The number of phosphoric acid groups is 2. The highest BCUT2D eigenvalue weighted by Crippen LogP contribution is 2.45. The quantitative estimate of drug-likeness (QED) is 0.0222. The Morgan fingerprint density at radius 1 is 0.253 bits per heavy atom. The molecule has 0 aromatic heterocycles. The lowest BCUT2D eigenvalue weighted by Crippen LogP contribution is -2.30. The number of phosphoric ester groups is 2. The molecule has 0 aliphatic carbocycles. The number of aliphatic hydroxyl groups is 1. The largest absolute Gasteiger partial charge is 0.472 e. The Bertz CT molecular complexity index is 1810. The van der Waals surface area contributed by atoms with Crippen LogP contribution in [-0.4, -0.2) is 96.7 Å². The number of esters is 4. The minimum absolute atomic E-state index is 0.109. The molecule has 0 spiro atoms. The van der Waals surface area contributed by atoms with E-state index in [4.69, 9.17) is 37.0 Å². The summed E-state index contributed by atoms with van der Waals surface area (Å²) >= 11 is 0. The van der Waals surface area contributed by atoms with Crippen LogP contribution in [0.25, 0.3) is 0 Å². The number of hydrogen-bond donors (Lipinski definition) is 3. The van der Waals surface area contributed by atoms with Gasteiger partial charge in [-0.05, 0) is 25.7 Å². The fourth-order valence-electron chi connectivity index (χ4n) is 11.8. The SMILES string of the molecule is CCCCCCCCCCCCCCCCC(=O)OC[C@H](COP(=O)(O)OC[C@@H](O)COP(=O)(O)OC[C@@H](COC(=O)CCCCCCCCCCCCCCC)OC(=O)CCCCCCCCCCCCCCCC)OC(=O)CCCCCCCCCCCCCCCC. The van der Waals surface area contributed by atoms with E-state index in [1.165, 1.54) is 238 Å². The highest BCUT2D eigenvalue weighted by atomic mass is 31.2. The number of rotatable bonds is 77. The van der Waals surface area contributed by atoms with Crippen LogP contribution < -0.4 is 0 Å². The van der Waals surface area contributed by atoms with Crippen molar-refractivity contribution in [2.75, 3.05) is 39.6 Å². The lowest BCUT2D eigenvalue weighted by atomic mass is 10.0. The van der Waals surface area contributed by atoms with Crippen LogP contribution in [0.2, 0.25) is 0 Å². The third kappa shape index (κ3) is 70.3. The number of unbranched alkanes of at least 4 members (excludes halogenated alkanes) is 51. The topological polar surface area (TPSA) is 237 Å². The van der Waals surface area contributed by atoms with E-state index in [1.54, 1.807) is 0 Å². The van der Waals surface area contributed by atoms with E-state index in [-0.39, 0.29) is 25.7 Å². The second-order valence-corrected chi connectivity index (χ2v) is 30.3. The van der Waals surface area contributed by atoms with Crippen LogP contribution in [0.1, 0.15) is 407 Å². The van der Waals surface area contributed by atoms with E-state index in [0.717, 1.165) is 89.9 Å². The maximum atomic E-state index is 13.1. The molecule has 0 aliphatic rings. The minimum atomic E-state index is -4.95. The van der Waals surface area contributed by atoms with E-state index in [0.29, 0.717) is 25.7 Å². The Morgan fingerprint density at radius 3 is 0.621 bits per heavy atom. The highest BCUT2D eigenvalue weighted by Gasteiger charge is 2.30. The Hall–Kier alpha value is -1.94. The number of aliphatic hydroxyl groups excluding tert-OH is 1. The molecule has 0 rings (SSSR count). The van der Waals surface area contributed by atoms with Gasteiger partial charge in [0.25, 0.3) is 0 Å². The Balaban J connectivity index is 5.26. The van der Waals surface area contributed by atoms with Gasteiger partial charge in [0.1, 0.15) is 19.3 Å². The monoisotopic (exact) mass is 1400 g/mol. The molecule has 0 bridgehead atoms. The predicted molar refractivity (Wildman–Crippen MR) is 386 cm³/mol. The van der Waals surface area contributed by atoms with Crippen molar-refractivity contribution in [3.8, 4) is 0 Å². The zero-order valence-electron chi connectivity index (χ0n) is 61.6. The molecule has 0 aromatic rings. The smallest absolute Gasteiger partial charge is 0.462 e. The van der Waals surface area contributed by atoms with Crippen molar-refractivity contribution >= 4 is 39.5 Å². The second kappa shape index (κ2) is 70.5. The van der Waals surface area contributed by atoms with Gasteiger partial charge in [0.2, 0.25) is 0 Å². The van der Waals surface area contributed by atoms with Crippen molar-refractivity contribution in [1.29, 1.82) is 0 Å². The van der Waals surface area contributed by atoms with Crippen molar-refractivity contribution < 1.29 is 80.2 Å². The number of ether oxygens (including phenoxy) is 4. The summed E-state index contributed by atoms with van der Waals surface area (Å²) in [5.41, 5.74) is 0. The fraction of sp³-hybridized carbons (Fsp3) is 0.947. The third-order valence-electron chi connectivity index (χ3n) is 17.9. The van der Waals surface area contributed by atoms with E-state index in [2.05, 4.69) is 27.7 Å². The highest BCUT2D eigenvalue weighted by molar-refractivity contribution is 7.47. The summed E-state index contributed by atoms with van der Waals surface area (Å²) in [7, 11) is -9.91. The Kier molecular flexibility index (Phi) is 69.1. The average Bonchev–Trinajstić information content (AvgIpc) is 3.70. The molecule has 0 saturated carbocycles. The van der Waals surface area contributed by atoms with Crippen molar-refractivity contribution in [1.82, 2.24) is 0 Å². The van der Waals surface area contributed by atoms with Crippen molar-refractivity contribution in [2.24, 2.45) is 0 Å². The summed E-state index contributed by atoms with van der Waals surface area (Å²) in [6.07, 6.45) is 60.7. The molecule has 0 heterocycles. The number of carbonyl (C=O) groups is 4. The summed E-state index contributed by atoms with van der Waals surface area (Å²) in [6, 6.07) is 0. The molecule has 5 atom stereocenters. The molecule has 19 heteroatoms. The first-order chi connectivity index (χ1) is 46.2. The van der Waals surface area contributed by atoms with Crippen molar-refractivity contribution in [3.05, 3.63) is 0 Å². The normalized spacial score (nSPS) is 13.9. The second-order valence-electron chi connectivity index (χ2n) is 27.4. The summed E-state index contributed by atoms with van der Waals surface area (Å²) in [5, 5.41) is 10.6. The molecule has 0 aromatic carbocycles. The molecule has 3 N–H and O–H groups in total. The molecule has 0 saturated heterocycles. The zero-order chi connectivity index (χ0) is 69.7. The van der Waals surface area contributed by atoms with E-state index >= 15 is 0 Å². The fourth-order valence-corrected chi connectivity index (χ4v) is 13.3. The van der Waals surface area contributed by atoms with Crippen LogP contribution in [-0.2, 0) is 65.4 Å². The van der Waals surface area contributed by atoms with Crippen LogP contribution in [0, 0.1) is 0 Å². The first-order valence-corrected chi connectivity index (χ1v) is 42.8. The molecular weight excluding hydrogens is 1250 g/mol. The molecule has 17 nitrogen and oxygen atoms in total. The van der Waals surface area contributed by atoms with Gasteiger partial charge in [-0.1, -0.05) is 355 Å². The number of carbonyl (C=O) groups excluding carboxylic acids is 4. The van der Waals surface area contributed by atoms with Gasteiger partial charge in [-0.2, -0.15) is 0 Å². The van der Waals surface area contributed by atoms with Gasteiger partial charge < -0.3 is 33.8 Å². The summed E-state index contributed by atoms with van der Waals surface area (Å²) < 4.78 is 68.6. The molecule has 2 unspecified atom stereocenters. The summed E-state index contributed by atoms with van der Waals surface area (Å²) in [5.74, 6) is -2.11. The molecule has 564 valence electrons. The van der Waals surface area contributed by atoms with Gasteiger partial charge in [0.15, 0.2) is 12.2 Å². The molecule has 0 radical (unpaired) electrons. The standard InChI is InChI=1S/C76H148O17P2/c1-5-9-13-17-21-25-29-33-37-41-45-49-53-57-61-74(79)87-67-72(93-76(81)63-59-55-51-47-43-39-35-31-27-23-19-15-11-7-3)69-91-95(84,85)89-65-70(77)64-88-94(82,83)90-68-71(66-86-73(78)60-56-52-48-44-40-36-32-28-24-20-16-12-8-4)92-75(80)62-58-54-50-46-42-38-34-30-26-22-18-14-10-6-2/h70-72,77H,5-69H2,1-4H3,(H,82,83)(H,84,85)/t70-,71+,72+/m0/s1. The van der Waals surface area contributed by atoms with Crippen LogP contribution in [0.4, 0.5) is 0 Å². The maximum absolute atomic E-state index is 13.1. The van der Waals surface area contributed by atoms with Crippen LogP contribution in [0.5, 0.6) is 0 Å². The van der Waals surface area contributed by atoms with Gasteiger partial charge in [-0.3, -0.25) is 37.3 Å². The Labute approximate surface area is 581 Å². The zero-order valence-corrected chi connectivity index (χ0v) is 63.4. The van der Waals surface area contributed by atoms with Crippen LogP contribution in [0.3, 0.4) is 0 Å². The van der Waals surface area contributed by atoms with Gasteiger partial charge in [-0.25, -0.2) is 9.13 Å². The third-order valence-corrected chi connectivity index (χ3v) is 19.8. The molecule has 0 fully saturated rings. The predicted octanol–water partition coefficient (Wildman–Crippen LogP) is 22.6. The van der Waals surface area contributed by atoms with Crippen LogP contribution in [0.15, 0.2) is 0 Å². The molecular formula is C76H148O17P2. The van der Waals surface area contributed by atoms with Crippen molar-refractivity contribution in [3.63, 3.8) is 0 Å². The number of hydrogen-bond acceptors (Lipinski definition) is 15. The van der Waals surface area contributed by atoms with Crippen LogP contribution >= 0.6 is 15.6 Å². The maximum Gasteiger partial charge on any atom is 0.472 e. The Morgan fingerprint density at radius 2 is 0.421 bits per heavy atom. The van der Waals surface area contributed by atoms with Crippen molar-refractivity contribution in [2.45, 2.75) is 425 Å². The molecule has 95 heavy (non-hydrogen) atoms. The molecule has 0 amide bonds. The summed E-state index contributed by atoms with van der Waals surface area (Å²) in [4.78, 5) is 72.9. The van der Waals surface area contributed by atoms with Gasteiger partial charge in [-0.15, -0.1) is 0 Å². The lowest BCUT2D eigenvalue weighted by molar-refractivity contribution is -0.161. The summed E-state index contributed by atoms with van der Waals surface area (Å²) in [6.45, 7) is 5.01. The van der Waals surface area contributed by atoms with Gasteiger partial charge in [0, 0.05) is 25.7 Å². The first kappa shape index (κ1) is 93.1. The van der Waals surface area contributed by atoms with E-state index in [9.17, 15) is 43.2 Å².